The molecule has 1 aliphatic heterocycles. The fourth-order valence-corrected chi connectivity index (χ4v) is 2.88. The molecule has 0 radical (unpaired) electrons. The van der Waals surface area contributed by atoms with Gasteiger partial charge in [0.1, 0.15) is 0 Å². The molecule has 0 saturated carbocycles. The average molecular weight is 303 g/mol. The lowest BCUT2D eigenvalue weighted by Gasteiger charge is -2.33. The van der Waals surface area contributed by atoms with Crippen molar-refractivity contribution >= 4 is 5.91 Å². The van der Waals surface area contributed by atoms with E-state index in [1.165, 1.54) is 5.56 Å². The van der Waals surface area contributed by atoms with E-state index in [2.05, 4.69) is 29.2 Å². The van der Waals surface area contributed by atoms with Gasteiger partial charge in [-0.15, -0.1) is 0 Å². The number of amides is 1. The molecule has 1 saturated heterocycles. The summed E-state index contributed by atoms with van der Waals surface area (Å²) in [6, 6.07) is 10.3. The van der Waals surface area contributed by atoms with Gasteiger partial charge >= 0.3 is 0 Å². The smallest absolute Gasteiger partial charge is 0.240 e. The van der Waals surface area contributed by atoms with Gasteiger partial charge in [-0.3, -0.25) is 9.69 Å². The number of benzene rings is 1. The fourth-order valence-electron chi connectivity index (χ4n) is 2.88. The minimum Gasteiger partial charge on any atom is -0.340 e. The SMILES string of the molecule is CN(C(=O)C(N)C(C)(C)C)C1CCN(Cc2ccccc2)C1. The standard InChI is InChI=1S/C18H29N3O/c1-18(2,3)16(19)17(22)20(4)15-10-11-21(13-15)12-14-8-6-5-7-9-14/h5-9,15-16H,10-13,19H2,1-4H3. The summed E-state index contributed by atoms with van der Waals surface area (Å²) in [5.41, 5.74) is 7.24. The van der Waals surface area contributed by atoms with Crippen molar-refractivity contribution in [2.24, 2.45) is 11.1 Å². The van der Waals surface area contributed by atoms with Crippen LogP contribution in [-0.2, 0) is 11.3 Å². The number of nitrogens with two attached hydrogens (primary N) is 1. The maximum atomic E-state index is 12.5. The molecule has 0 spiro atoms. The van der Waals surface area contributed by atoms with Crippen LogP contribution < -0.4 is 5.73 Å². The Morgan fingerprint density at radius 1 is 1.36 bits per heavy atom. The van der Waals surface area contributed by atoms with E-state index in [9.17, 15) is 4.79 Å². The number of likely N-dealkylation sites (N-methyl/N-ethyl adjacent to an activating group) is 1. The Kier molecular flexibility index (Phi) is 5.24. The molecule has 4 nitrogen and oxygen atoms in total. The zero-order valence-corrected chi connectivity index (χ0v) is 14.2. The third kappa shape index (κ3) is 4.08. The van der Waals surface area contributed by atoms with Crippen LogP contribution in [0, 0.1) is 5.41 Å². The van der Waals surface area contributed by atoms with Crippen molar-refractivity contribution in [2.75, 3.05) is 20.1 Å². The van der Waals surface area contributed by atoms with Crippen molar-refractivity contribution in [1.82, 2.24) is 9.80 Å². The molecule has 2 atom stereocenters. The summed E-state index contributed by atoms with van der Waals surface area (Å²) in [4.78, 5) is 16.8. The van der Waals surface area contributed by atoms with Crippen LogP contribution in [0.3, 0.4) is 0 Å². The summed E-state index contributed by atoms with van der Waals surface area (Å²) in [5, 5.41) is 0. The molecule has 1 aromatic rings. The highest BCUT2D eigenvalue weighted by Crippen LogP contribution is 2.22. The van der Waals surface area contributed by atoms with Crippen LogP contribution in [0.25, 0.3) is 0 Å². The van der Waals surface area contributed by atoms with E-state index in [-0.39, 0.29) is 17.4 Å². The van der Waals surface area contributed by atoms with Crippen LogP contribution >= 0.6 is 0 Å². The third-order valence-corrected chi connectivity index (χ3v) is 4.59. The molecule has 1 aromatic carbocycles. The predicted octanol–water partition coefficient (Wildman–Crippen LogP) is 2.09. The molecule has 2 N–H and O–H groups in total. The first-order chi connectivity index (χ1) is 10.3. The van der Waals surface area contributed by atoms with Crippen molar-refractivity contribution in [3.05, 3.63) is 35.9 Å². The molecule has 2 unspecified atom stereocenters. The van der Waals surface area contributed by atoms with Gasteiger partial charge in [0.25, 0.3) is 0 Å². The molecule has 1 aliphatic rings. The molecule has 0 bridgehead atoms. The molecule has 1 fully saturated rings. The molecule has 22 heavy (non-hydrogen) atoms. The first-order valence-electron chi connectivity index (χ1n) is 8.07. The highest BCUT2D eigenvalue weighted by atomic mass is 16.2. The van der Waals surface area contributed by atoms with E-state index in [1.807, 2.05) is 38.8 Å². The second kappa shape index (κ2) is 6.80. The van der Waals surface area contributed by atoms with Crippen molar-refractivity contribution in [2.45, 2.75) is 45.8 Å². The van der Waals surface area contributed by atoms with E-state index in [0.29, 0.717) is 0 Å². The second-order valence-corrected chi connectivity index (χ2v) is 7.46. The molecule has 2 rings (SSSR count). The Balaban J connectivity index is 1.91. The van der Waals surface area contributed by atoms with Gasteiger partial charge in [0.05, 0.1) is 6.04 Å². The van der Waals surface area contributed by atoms with Gasteiger partial charge in [-0.05, 0) is 17.4 Å². The minimum atomic E-state index is -0.444. The van der Waals surface area contributed by atoms with Crippen molar-refractivity contribution in [1.29, 1.82) is 0 Å². The molecule has 4 heteroatoms. The van der Waals surface area contributed by atoms with Gasteiger partial charge in [-0.25, -0.2) is 0 Å². The highest BCUT2D eigenvalue weighted by molar-refractivity contribution is 5.82. The van der Waals surface area contributed by atoms with Gasteiger partial charge in [0.15, 0.2) is 0 Å². The van der Waals surface area contributed by atoms with E-state index >= 15 is 0 Å². The summed E-state index contributed by atoms with van der Waals surface area (Å²) in [5.74, 6) is 0.0547. The largest absolute Gasteiger partial charge is 0.340 e. The van der Waals surface area contributed by atoms with Crippen LogP contribution in [0.4, 0.5) is 0 Å². The Morgan fingerprint density at radius 3 is 2.59 bits per heavy atom. The normalized spacial score (nSPS) is 20.9. The lowest BCUT2D eigenvalue weighted by atomic mass is 9.86. The lowest BCUT2D eigenvalue weighted by Crippen LogP contribution is -2.52. The van der Waals surface area contributed by atoms with Crippen molar-refractivity contribution < 1.29 is 4.79 Å². The van der Waals surface area contributed by atoms with E-state index < -0.39 is 6.04 Å². The Labute approximate surface area is 134 Å². The quantitative estimate of drug-likeness (QED) is 0.926. The number of carbonyl (C=O) groups excluding carboxylic acids is 1. The summed E-state index contributed by atoms with van der Waals surface area (Å²) in [6.45, 7) is 8.94. The molecular formula is C18H29N3O. The number of likely N-dealkylation sites (tertiary alicyclic amines) is 1. The maximum absolute atomic E-state index is 12.5. The van der Waals surface area contributed by atoms with Crippen molar-refractivity contribution in [3.8, 4) is 0 Å². The second-order valence-electron chi connectivity index (χ2n) is 7.46. The molecule has 122 valence electrons. The minimum absolute atomic E-state index is 0.0547. The van der Waals surface area contributed by atoms with Gasteiger partial charge in [-0.1, -0.05) is 51.1 Å². The summed E-state index contributed by atoms with van der Waals surface area (Å²) >= 11 is 0. The van der Waals surface area contributed by atoms with E-state index in [1.54, 1.807) is 0 Å². The number of rotatable bonds is 4. The fraction of sp³-hybridized carbons (Fsp3) is 0.611. The Bertz CT molecular complexity index is 495. The van der Waals surface area contributed by atoms with E-state index in [0.717, 1.165) is 26.1 Å². The third-order valence-electron chi connectivity index (χ3n) is 4.59. The molecule has 1 heterocycles. The first kappa shape index (κ1) is 17.0. The van der Waals surface area contributed by atoms with Crippen LogP contribution in [-0.4, -0.2) is 47.9 Å². The highest BCUT2D eigenvalue weighted by Gasteiger charge is 2.34. The van der Waals surface area contributed by atoms with Gasteiger partial charge in [0.2, 0.25) is 5.91 Å². The lowest BCUT2D eigenvalue weighted by molar-refractivity contribution is -0.135. The van der Waals surface area contributed by atoms with Gasteiger partial charge in [0, 0.05) is 32.7 Å². The van der Waals surface area contributed by atoms with Crippen LogP contribution in [0.1, 0.15) is 32.8 Å². The predicted molar refractivity (Wildman–Crippen MR) is 90.3 cm³/mol. The number of hydrogen-bond acceptors (Lipinski definition) is 3. The number of hydrogen-bond donors (Lipinski definition) is 1. The van der Waals surface area contributed by atoms with E-state index in [4.69, 9.17) is 5.73 Å². The van der Waals surface area contributed by atoms with Crippen LogP contribution in [0.5, 0.6) is 0 Å². The zero-order chi connectivity index (χ0) is 16.3. The monoisotopic (exact) mass is 303 g/mol. The van der Waals surface area contributed by atoms with Crippen LogP contribution in [0.2, 0.25) is 0 Å². The Morgan fingerprint density at radius 2 is 2.00 bits per heavy atom. The molecule has 0 aliphatic carbocycles. The number of nitrogens with zero attached hydrogens (tertiary/aromatic N) is 2. The zero-order valence-electron chi connectivity index (χ0n) is 14.2. The average Bonchev–Trinajstić information content (AvgIpc) is 2.93. The van der Waals surface area contributed by atoms with Crippen LogP contribution in [0.15, 0.2) is 30.3 Å². The van der Waals surface area contributed by atoms with Gasteiger partial charge < -0.3 is 10.6 Å². The Hall–Kier alpha value is -1.39. The molecule has 1 amide bonds. The summed E-state index contributed by atoms with van der Waals surface area (Å²) in [6.07, 6.45) is 1.02. The van der Waals surface area contributed by atoms with Crippen molar-refractivity contribution in [3.63, 3.8) is 0 Å². The number of carbonyl (C=O) groups is 1. The molecule has 0 aromatic heterocycles. The molecular weight excluding hydrogens is 274 g/mol. The maximum Gasteiger partial charge on any atom is 0.240 e. The summed E-state index contributed by atoms with van der Waals surface area (Å²) in [7, 11) is 1.89. The van der Waals surface area contributed by atoms with Gasteiger partial charge in [-0.2, -0.15) is 0 Å². The summed E-state index contributed by atoms with van der Waals surface area (Å²) < 4.78 is 0. The first-order valence-corrected chi connectivity index (χ1v) is 8.07. The topological polar surface area (TPSA) is 49.6 Å².